The number of hydrogen-bond donors (Lipinski definition) is 2. The first kappa shape index (κ1) is 14.8. The molecule has 2 unspecified atom stereocenters. The van der Waals surface area contributed by atoms with Crippen LogP contribution in [-0.2, 0) is 11.2 Å². The maximum Gasteiger partial charge on any atom is 0.237 e. The summed E-state index contributed by atoms with van der Waals surface area (Å²) in [7, 11) is 0. The molecule has 1 heterocycles. The monoisotopic (exact) mass is 252 g/mol. The topological polar surface area (TPSA) is 68.3 Å². The van der Waals surface area contributed by atoms with Crippen LogP contribution in [0.1, 0.15) is 39.4 Å². The maximum atomic E-state index is 11.9. The highest BCUT2D eigenvalue weighted by atomic mass is 16.3. The quantitative estimate of drug-likeness (QED) is 0.780. The summed E-state index contributed by atoms with van der Waals surface area (Å²) in [6, 6.07) is 3.51. The largest absolute Gasteiger partial charge is 0.469 e. The van der Waals surface area contributed by atoms with Crippen LogP contribution in [0.25, 0.3) is 0 Å². The molecule has 0 spiro atoms. The Hall–Kier alpha value is -1.29. The van der Waals surface area contributed by atoms with Crippen LogP contribution in [-0.4, -0.2) is 18.0 Å². The number of furan rings is 1. The third kappa shape index (κ3) is 4.53. The van der Waals surface area contributed by atoms with Gasteiger partial charge in [0, 0.05) is 12.5 Å². The van der Waals surface area contributed by atoms with Crippen molar-refractivity contribution in [1.82, 2.24) is 5.32 Å². The molecule has 0 radical (unpaired) electrons. The molecule has 1 aromatic rings. The molecule has 0 aromatic carbocycles. The standard InChI is InChI=1S/C14H24N2O2/c1-4-10(2)13(15)14(17)16-11(3)7-8-12-6-5-9-18-12/h5-6,9-11,13H,4,7-8,15H2,1-3H3,(H,16,17)/t10?,11?,13-/m0/s1. The third-order valence-electron chi connectivity index (χ3n) is 3.35. The van der Waals surface area contributed by atoms with E-state index in [1.165, 1.54) is 0 Å². The highest BCUT2D eigenvalue weighted by Gasteiger charge is 2.20. The van der Waals surface area contributed by atoms with Crippen LogP contribution in [0, 0.1) is 5.92 Å². The second-order valence-electron chi connectivity index (χ2n) is 4.94. The van der Waals surface area contributed by atoms with E-state index in [1.807, 2.05) is 32.9 Å². The lowest BCUT2D eigenvalue weighted by atomic mass is 9.99. The fourth-order valence-electron chi connectivity index (χ4n) is 1.74. The fourth-order valence-corrected chi connectivity index (χ4v) is 1.74. The summed E-state index contributed by atoms with van der Waals surface area (Å²) in [6.45, 7) is 6.03. The van der Waals surface area contributed by atoms with Gasteiger partial charge in [-0.25, -0.2) is 0 Å². The van der Waals surface area contributed by atoms with Crippen LogP contribution in [0.4, 0.5) is 0 Å². The zero-order chi connectivity index (χ0) is 13.5. The van der Waals surface area contributed by atoms with Crippen LogP contribution in [0.3, 0.4) is 0 Å². The van der Waals surface area contributed by atoms with Crippen LogP contribution < -0.4 is 11.1 Å². The summed E-state index contributed by atoms with van der Waals surface area (Å²) in [5.74, 6) is 1.10. The van der Waals surface area contributed by atoms with Crippen LogP contribution in [0.15, 0.2) is 22.8 Å². The average Bonchev–Trinajstić information content (AvgIpc) is 2.87. The van der Waals surface area contributed by atoms with Gasteiger partial charge < -0.3 is 15.5 Å². The van der Waals surface area contributed by atoms with Crippen molar-refractivity contribution in [3.8, 4) is 0 Å². The zero-order valence-corrected chi connectivity index (χ0v) is 11.5. The van der Waals surface area contributed by atoms with E-state index in [0.29, 0.717) is 0 Å². The van der Waals surface area contributed by atoms with Crippen molar-refractivity contribution in [3.63, 3.8) is 0 Å². The Bertz CT molecular complexity index is 349. The van der Waals surface area contributed by atoms with Gasteiger partial charge in [0.05, 0.1) is 12.3 Å². The van der Waals surface area contributed by atoms with Crippen molar-refractivity contribution in [2.75, 3.05) is 0 Å². The summed E-state index contributed by atoms with van der Waals surface area (Å²) in [4.78, 5) is 11.9. The molecule has 1 amide bonds. The van der Waals surface area contributed by atoms with E-state index in [1.54, 1.807) is 6.26 Å². The first-order valence-corrected chi connectivity index (χ1v) is 6.63. The molecular formula is C14H24N2O2. The van der Waals surface area contributed by atoms with E-state index in [2.05, 4.69) is 5.32 Å². The van der Waals surface area contributed by atoms with E-state index in [4.69, 9.17) is 10.2 Å². The van der Waals surface area contributed by atoms with Crippen molar-refractivity contribution < 1.29 is 9.21 Å². The predicted molar refractivity (Wildman–Crippen MR) is 72.1 cm³/mol. The second kappa shape index (κ2) is 7.21. The number of amides is 1. The number of nitrogens with two attached hydrogens (primary N) is 1. The molecule has 0 bridgehead atoms. The molecule has 0 saturated carbocycles. The molecule has 102 valence electrons. The summed E-state index contributed by atoms with van der Waals surface area (Å²) in [5.41, 5.74) is 5.88. The van der Waals surface area contributed by atoms with Gasteiger partial charge in [-0.2, -0.15) is 0 Å². The zero-order valence-electron chi connectivity index (χ0n) is 11.5. The Balaban J connectivity index is 2.31. The number of hydrogen-bond acceptors (Lipinski definition) is 3. The molecule has 3 N–H and O–H groups in total. The normalized spacial score (nSPS) is 16.0. The van der Waals surface area contributed by atoms with Crippen molar-refractivity contribution in [1.29, 1.82) is 0 Å². The molecule has 0 aliphatic carbocycles. The van der Waals surface area contributed by atoms with Gasteiger partial charge in [0.1, 0.15) is 5.76 Å². The van der Waals surface area contributed by atoms with Gasteiger partial charge in [0.15, 0.2) is 0 Å². The van der Waals surface area contributed by atoms with Gasteiger partial charge in [-0.15, -0.1) is 0 Å². The molecule has 0 saturated heterocycles. The maximum absolute atomic E-state index is 11.9. The van der Waals surface area contributed by atoms with E-state index >= 15 is 0 Å². The molecule has 18 heavy (non-hydrogen) atoms. The molecule has 0 fully saturated rings. The minimum Gasteiger partial charge on any atom is -0.469 e. The molecule has 0 aliphatic heterocycles. The molecule has 1 rings (SSSR count). The number of carbonyl (C=O) groups is 1. The molecular weight excluding hydrogens is 228 g/mol. The van der Waals surface area contributed by atoms with Crippen LogP contribution in [0.5, 0.6) is 0 Å². The van der Waals surface area contributed by atoms with Gasteiger partial charge in [-0.1, -0.05) is 20.3 Å². The fraction of sp³-hybridized carbons (Fsp3) is 0.643. The summed E-state index contributed by atoms with van der Waals surface area (Å²) >= 11 is 0. The second-order valence-corrected chi connectivity index (χ2v) is 4.94. The third-order valence-corrected chi connectivity index (χ3v) is 3.35. The van der Waals surface area contributed by atoms with Crippen molar-refractivity contribution in [2.45, 2.75) is 52.1 Å². The molecule has 0 aliphatic rings. The Morgan fingerprint density at radius 3 is 2.78 bits per heavy atom. The van der Waals surface area contributed by atoms with Gasteiger partial charge in [-0.3, -0.25) is 4.79 Å². The van der Waals surface area contributed by atoms with Gasteiger partial charge >= 0.3 is 0 Å². The Kier molecular flexibility index (Phi) is 5.92. The lowest BCUT2D eigenvalue weighted by molar-refractivity contribution is -0.124. The number of aryl methyl sites for hydroxylation is 1. The van der Waals surface area contributed by atoms with Crippen molar-refractivity contribution >= 4 is 5.91 Å². The van der Waals surface area contributed by atoms with E-state index in [9.17, 15) is 4.79 Å². The van der Waals surface area contributed by atoms with Crippen molar-refractivity contribution in [2.24, 2.45) is 11.7 Å². The first-order chi connectivity index (χ1) is 8.54. The van der Waals surface area contributed by atoms with Gasteiger partial charge in [-0.05, 0) is 31.4 Å². The Morgan fingerprint density at radius 2 is 2.22 bits per heavy atom. The Labute approximate surface area is 109 Å². The number of nitrogens with one attached hydrogen (secondary N) is 1. The lowest BCUT2D eigenvalue weighted by Gasteiger charge is -2.20. The molecule has 1 aromatic heterocycles. The van der Waals surface area contributed by atoms with E-state index < -0.39 is 6.04 Å². The molecule has 3 atom stereocenters. The number of carbonyl (C=O) groups excluding carboxylic acids is 1. The average molecular weight is 252 g/mol. The highest BCUT2D eigenvalue weighted by molar-refractivity contribution is 5.82. The van der Waals surface area contributed by atoms with E-state index in [-0.39, 0.29) is 17.9 Å². The van der Waals surface area contributed by atoms with Crippen LogP contribution in [0.2, 0.25) is 0 Å². The number of rotatable bonds is 7. The molecule has 4 heteroatoms. The lowest BCUT2D eigenvalue weighted by Crippen LogP contribution is -2.47. The molecule has 4 nitrogen and oxygen atoms in total. The predicted octanol–water partition coefficient (Wildman–Crippen LogP) is 2.09. The minimum absolute atomic E-state index is 0.0590. The van der Waals surface area contributed by atoms with Gasteiger partial charge in [0.2, 0.25) is 5.91 Å². The summed E-state index contributed by atoms with van der Waals surface area (Å²) in [5, 5.41) is 2.95. The minimum atomic E-state index is -0.416. The Morgan fingerprint density at radius 1 is 1.50 bits per heavy atom. The summed E-state index contributed by atoms with van der Waals surface area (Å²) in [6.07, 6.45) is 4.26. The SMILES string of the molecule is CCC(C)[C@H](N)C(=O)NC(C)CCc1ccco1. The highest BCUT2D eigenvalue weighted by Crippen LogP contribution is 2.08. The smallest absolute Gasteiger partial charge is 0.237 e. The van der Waals surface area contributed by atoms with E-state index in [0.717, 1.165) is 25.0 Å². The van der Waals surface area contributed by atoms with Crippen LogP contribution >= 0.6 is 0 Å². The van der Waals surface area contributed by atoms with Gasteiger partial charge in [0.25, 0.3) is 0 Å². The van der Waals surface area contributed by atoms with Crippen molar-refractivity contribution in [3.05, 3.63) is 24.2 Å². The first-order valence-electron chi connectivity index (χ1n) is 6.63. The summed E-state index contributed by atoms with van der Waals surface area (Å²) < 4.78 is 5.25.